The predicted molar refractivity (Wildman–Crippen MR) is 63.4 cm³/mol. The molecule has 1 fully saturated rings. The van der Waals surface area contributed by atoms with Crippen molar-refractivity contribution in [2.24, 2.45) is 0 Å². The maximum absolute atomic E-state index is 5.96. The molecule has 3 heteroatoms. The molecule has 1 aromatic rings. The van der Waals surface area contributed by atoms with E-state index < -0.39 is 0 Å². The Morgan fingerprint density at radius 2 is 2.36 bits per heavy atom. The lowest BCUT2D eigenvalue weighted by Gasteiger charge is -2.18. The molecule has 2 unspecified atom stereocenters. The summed E-state index contributed by atoms with van der Waals surface area (Å²) in [5, 5.41) is 3.57. The van der Waals surface area contributed by atoms with Gasteiger partial charge in [-0.1, -0.05) is 24.9 Å². The second-order valence-corrected chi connectivity index (χ2v) is 5.59. The highest BCUT2D eigenvalue weighted by molar-refractivity contribution is 7.16. The van der Waals surface area contributed by atoms with Gasteiger partial charge in [0, 0.05) is 16.8 Å². The summed E-state index contributed by atoms with van der Waals surface area (Å²) in [6.45, 7) is 3.25. The molecule has 1 aliphatic rings. The SMILES string of the molecule is CCNC1CCCC1c1ccc(Cl)s1. The Morgan fingerprint density at radius 3 is 3.00 bits per heavy atom. The average molecular weight is 230 g/mol. The molecular weight excluding hydrogens is 214 g/mol. The van der Waals surface area contributed by atoms with Crippen molar-refractivity contribution in [3.05, 3.63) is 21.3 Å². The van der Waals surface area contributed by atoms with Crippen molar-refractivity contribution in [3.8, 4) is 0 Å². The summed E-state index contributed by atoms with van der Waals surface area (Å²) in [6, 6.07) is 4.88. The van der Waals surface area contributed by atoms with Gasteiger partial charge in [-0.15, -0.1) is 11.3 Å². The van der Waals surface area contributed by atoms with Crippen LogP contribution in [0, 0.1) is 0 Å². The number of hydrogen-bond donors (Lipinski definition) is 1. The van der Waals surface area contributed by atoms with Gasteiger partial charge in [0.1, 0.15) is 0 Å². The minimum absolute atomic E-state index is 0.676. The Hall–Kier alpha value is -0.0500. The Bertz CT molecular complexity index is 297. The van der Waals surface area contributed by atoms with Crippen LogP contribution in [0.25, 0.3) is 0 Å². The fourth-order valence-electron chi connectivity index (χ4n) is 2.33. The van der Waals surface area contributed by atoms with Gasteiger partial charge in [-0.25, -0.2) is 0 Å². The Kier molecular flexibility index (Phi) is 3.47. The number of halogens is 1. The molecule has 1 aromatic heterocycles. The van der Waals surface area contributed by atoms with Crippen LogP contribution in [-0.4, -0.2) is 12.6 Å². The minimum Gasteiger partial charge on any atom is -0.314 e. The molecule has 2 atom stereocenters. The van der Waals surface area contributed by atoms with E-state index in [4.69, 9.17) is 11.6 Å². The van der Waals surface area contributed by atoms with Crippen LogP contribution in [0.2, 0.25) is 4.34 Å². The number of likely N-dealkylation sites (N-methyl/N-ethyl adjacent to an activating group) is 1. The first-order valence-electron chi connectivity index (χ1n) is 5.30. The molecule has 1 aliphatic carbocycles. The van der Waals surface area contributed by atoms with E-state index in [-0.39, 0.29) is 0 Å². The van der Waals surface area contributed by atoms with Crippen molar-refractivity contribution in [1.82, 2.24) is 5.32 Å². The Morgan fingerprint density at radius 1 is 1.50 bits per heavy atom. The molecule has 14 heavy (non-hydrogen) atoms. The lowest BCUT2D eigenvalue weighted by atomic mass is 10.0. The lowest BCUT2D eigenvalue weighted by Crippen LogP contribution is -2.30. The molecule has 1 saturated carbocycles. The van der Waals surface area contributed by atoms with E-state index >= 15 is 0 Å². The summed E-state index contributed by atoms with van der Waals surface area (Å²) >= 11 is 7.70. The van der Waals surface area contributed by atoms with Gasteiger partial charge in [-0.3, -0.25) is 0 Å². The van der Waals surface area contributed by atoms with E-state index in [0.29, 0.717) is 12.0 Å². The second kappa shape index (κ2) is 4.65. The summed E-state index contributed by atoms with van der Waals surface area (Å²) in [7, 11) is 0. The normalized spacial score (nSPS) is 27.0. The van der Waals surface area contributed by atoms with Gasteiger partial charge >= 0.3 is 0 Å². The predicted octanol–water partition coefficient (Wildman–Crippen LogP) is 3.65. The molecule has 1 N–H and O–H groups in total. The molecule has 2 rings (SSSR count). The molecule has 0 bridgehead atoms. The Labute approximate surface area is 94.5 Å². The highest BCUT2D eigenvalue weighted by Gasteiger charge is 2.28. The third-order valence-electron chi connectivity index (χ3n) is 2.94. The zero-order chi connectivity index (χ0) is 9.97. The molecule has 1 heterocycles. The van der Waals surface area contributed by atoms with Gasteiger partial charge in [-0.05, 0) is 31.5 Å². The topological polar surface area (TPSA) is 12.0 Å². The number of thiophene rings is 1. The maximum Gasteiger partial charge on any atom is 0.0931 e. The van der Waals surface area contributed by atoms with Crippen LogP contribution in [0.4, 0.5) is 0 Å². The average Bonchev–Trinajstić information content (AvgIpc) is 2.74. The van der Waals surface area contributed by atoms with Gasteiger partial charge in [0.25, 0.3) is 0 Å². The lowest BCUT2D eigenvalue weighted by molar-refractivity contribution is 0.497. The van der Waals surface area contributed by atoms with Gasteiger partial charge < -0.3 is 5.32 Å². The molecule has 0 spiro atoms. The summed E-state index contributed by atoms with van der Waals surface area (Å²) in [6.07, 6.45) is 3.97. The van der Waals surface area contributed by atoms with Gasteiger partial charge in [-0.2, -0.15) is 0 Å². The van der Waals surface area contributed by atoms with Crippen molar-refractivity contribution in [3.63, 3.8) is 0 Å². The third-order valence-corrected chi connectivity index (χ3v) is 4.30. The van der Waals surface area contributed by atoms with Crippen LogP contribution in [0.5, 0.6) is 0 Å². The number of rotatable bonds is 3. The highest BCUT2D eigenvalue weighted by Crippen LogP contribution is 2.39. The van der Waals surface area contributed by atoms with Crippen LogP contribution in [0.15, 0.2) is 12.1 Å². The van der Waals surface area contributed by atoms with Crippen molar-refractivity contribution >= 4 is 22.9 Å². The van der Waals surface area contributed by atoms with E-state index in [1.807, 2.05) is 6.07 Å². The standard InChI is InChI=1S/C11H16ClNS/c1-2-13-9-5-3-4-8(9)10-6-7-11(12)14-10/h6-9,13H,2-5H2,1H3. The van der Waals surface area contributed by atoms with E-state index in [1.165, 1.54) is 24.1 Å². The minimum atomic E-state index is 0.676. The van der Waals surface area contributed by atoms with Crippen molar-refractivity contribution in [1.29, 1.82) is 0 Å². The molecule has 0 aliphatic heterocycles. The molecular formula is C11H16ClNS. The van der Waals surface area contributed by atoms with Crippen molar-refractivity contribution in [2.45, 2.75) is 38.1 Å². The van der Waals surface area contributed by atoms with Crippen LogP contribution < -0.4 is 5.32 Å². The summed E-state index contributed by atoms with van der Waals surface area (Å²) in [4.78, 5) is 1.46. The highest BCUT2D eigenvalue weighted by atomic mass is 35.5. The van der Waals surface area contributed by atoms with E-state index in [1.54, 1.807) is 11.3 Å². The fourth-order valence-corrected chi connectivity index (χ4v) is 3.60. The van der Waals surface area contributed by atoms with Gasteiger partial charge in [0.15, 0.2) is 0 Å². The van der Waals surface area contributed by atoms with Crippen LogP contribution in [0.1, 0.15) is 37.0 Å². The molecule has 1 nitrogen and oxygen atoms in total. The molecule has 0 radical (unpaired) electrons. The molecule has 0 amide bonds. The van der Waals surface area contributed by atoms with E-state index in [0.717, 1.165) is 10.9 Å². The summed E-state index contributed by atoms with van der Waals surface area (Å²) in [5.74, 6) is 0.701. The van der Waals surface area contributed by atoms with Crippen LogP contribution >= 0.6 is 22.9 Å². The number of nitrogens with one attached hydrogen (secondary N) is 1. The summed E-state index contributed by atoms with van der Waals surface area (Å²) in [5.41, 5.74) is 0. The quantitative estimate of drug-likeness (QED) is 0.835. The van der Waals surface area contributed by atoms with E-state index in [2.05, 4.69) is 18.3 Å². The zero-order valence-electron chi connectivity index (χ0n) is 8.42. The number of hydrogen-bond acceptors (Lipinski definition) is 2. The van der Waals surface area contributed by atoms with Crippen molar-refractivity contribution in [2.75, 3.05) is 6.54 Å². The van der Waals surface area contributed by atoms with Crippen molar-refractivity contribution < 1.29 is 0 Å². The Balaban J connectivity index is 2.09. The largest absolute Gasteiger partial charge is 0.314 e. The first-order chi connectivity index (χ1) is 6.81. The molecule has 0 aromatic carbocycles. The molecule has 0 saturated heterocycles. The fraction of sp³-hybridized carbons (Fsp3) is 0.636. The first kappa shape index (κ1) is 10.5. The van der Waals surface area contributed by atoms with E-state index in [9.17, 15) is 0 Å². The second-order valence-electron chi connectivity index (χ2n) is 3.84. The van der Waals surface area contributed by atoms with Gasteiger partial charge in [0.05, 0.1) is 4.34 Å². The third kappa shape index (κ3) is 2.13. The molecule has 78 valence electrons. The first-order valence-corrected chi connectivity index (χ1v) is 6.49. The maximum atomic E-state index is 5.96. The smallest absolute Gasteiger partial charge is 0.0931 e. The van der Waals surface area contributed by atoms with Gasteiger partial charge in [0.2, 0.25) is 0 Å². The monoisotopic (exact) mass is 229 g/mol. The van der Waals surface area contributed by atoms with Crippen LogP contribution in [0.3, 0.4) is 0 Å². The zero-order valence-corrected chi connectivity index (χ0v) is 10.00. The van der Waals surface area contributed by atoms with Crippen LogP contribution in [-0.2, 0) is 0 Å². The summed E-state index contributed by atoms with van der Waals surface area (Å²) < 4.78 is 0.919.